The Morgan fingerprint density at radius 3 is 2.24 bits per heavy atom. The molecule has 0 unspecified atom stereocenters. The van der Waals surface area contributed by atoms with Gasteiger partial charge < -0.3 is 25.8 Å². The number of likely N-dealkylation sites (N-methyl/N-ethyl adjacent to an activating group) is 1. The molecule has 3 heterocycles. The predicted molar refractivity (Wildman–Crippen MR) is 179 cm³/mol. The van der Waals surface area contributed by atoms with Crippen LogP contribution in [-0.2, 0) is 5.54 Å². The number of para-hydroxylation sites is 1. The molecule has 6 rings (SSSR count). The number of aromatic amines is 1. The number of carbonyl (C=O) groups is 3. The molecule has 1 aliphatic rings. The lowest BCUT2D eigenvalue weighted by Gasteiger charge is -2.34. The summed E-state index contributed by atoms with van der Waals surface area (Å²) in [6.45, 7) is 7.79. The zero-order valence-electron chi connectivity index (χ0n) is 25.4. The van der Waals surface area contributed by atoms with Crippen LogP contribution in [0.4, 0.5) is 17.2 Å². The lowest BCUT2D eigenvalue weighted by molar-refractivity contribution is 0.0915. The van der Waals surface area contributed by atoms with Crippen molar-refractivity contribution in [1.82, 2.24) is 20.4 Å². The van der Waals surface area contributed by atoms with E-state index >= 15 is 0 Å². The van der Waals surface area contributed by atoms with E-state index < -0.39 is 11.4 Å². The zero-order valence-corrected chi connectivity index (χ0v) is 26.2. The van der Waals surface area contributed by atoms with Crippen LogP contribution in [0.1, 0.15) is 49.8 Å². The SMILES string of the molecule is CN1CCN(c2ccc(C(=O)Nc3ccccc3C(=O)Nc3[nH]nc4sc(C(=O)NC(C)(C)c5ccccc5)cc34)cc2)CC1. The van der Waals surface area contributed by atoms with Crippen LogP contribution in [-0.4, -0.2) is 66.0 Å². The molecule has 4 N–H and O–H groups in total. The molecule has 230 valence electrons. The van der Waals surface area contributed by atoms with Gasteiger partial charge in [-0.25, -0.2) is 0 Å². The monoisotopic (exact) mass is 621 g/mol. The molecule has 11 heteroatoms. The van der Waals surface area contributed by atoms with E-state index in [-0.39, 0.29) is 11.8 Å². The summed E-state index contributed by atoms with van der Waals surface area (Å²) in [5.41, 5.74) is 2.66. The Labute approximate surface area is 265 Å². The maximum atomic E-state index is 13.4. The molecule has 3 aromatic carbocycles. The number of carbonyl (C=O) groups excluding carboxylic acids is 3. The van der Waals surface area contributed by atoms with E-state index in [1.807, 2.05) is 56.3 Å². The number of nitrogens with one attached hydrogen (secondary N) is 4. The van der Waals surface area contributed by atoms with Crippen molar-refractivity contribution in [2.45, 2.75) is 19.4 Å². The molecule has 0 spiro atoms. The molecule has 3 amide bonds. The predicted octanol–water partition coefficient (Wildman–Crippen LogP) is 5.55. The number of thiophene rings is 1. The molecular weight excluding hydrogens is 586 g/mol. The Hall–Kier alpha value is -5.00. The topological polar surface area (TPSA) is 122 Å². The first-order valence-electron chi connectivity index (χ1n) is 14.8. The molecule has 1 saturated heterocycles. The fourth-order valence-electron chi connectivity index (χ4n) is 5.34. The fourth-order valence-corrected chi connectivity index (χ4v) is 6.23. The lowest BCUT2D eigenvalue weighted by Crippen LogP contribution is -2.44. The molecule has 5 aromatic rings. The molecule has 2 aromatic heterocycles. The number of hydrogen-bond donors (Lipinski definition) is 4. The second-order valence-corrected chi connectivity index (χ2v) is 12.7. The number of rotatable bonds is 8. The molecule has 45 heavy (non-hydrogen) atoms. The van der Waals surface area contributed by atoms with Crippen molar-refractivity contribution >= 4 is 56.5 Å². The summed E-state index contributed by atoms with van der Waals surface area (Å²) in [6, 6.07) is 25.8. The van der Waals surface area contributed by atoms with Gasteiger partial charge in [0.05, 0.1) is 27.1 Å². The van der Waals surface area contributed by atoms with Gasteiger partial charge in [-0.3, -0.25) is 19.5 Å². The van der Waals surface area contributed by atoms with Gasteiger partial charge in [0.1, 0.15) is 10.6 Å². The highest BCUT2D eigenvalue weighted by Crippen LogP contribution is 2.31. The molecule has 0 aliphatic carbocycles. The van der Waals surface area contributed by atoms with Gasteiger partial charge in [-0.15, -0.1) is 11.3 Å². The quantitative estimate of drug-likeness (QED) is 0.180. The van der Waals surface area contributed by atoms with Crippen LogP contribution in [0.2, 0.25) is 0 Å². The minimum Gasteiger partial charge on any atom is -0.369 e. The van der Waals surface area contributed by atoms with Crippen LogP contribution >= 0.6 is 11.3 Å². The fraction of sp³-hybridized carbons (Fsp3) is 0.235. The highest BCUT2D eigenvalue weighted by atomic mass is 32.1. The number of aromatic nitrogens is 2. The summed E-state index contributed by atoms with van der Waals surface area (Å²) < 4.78 is 0. The molecule has 0 atom stereocenters. The third-order valence-corrected chi connectivity index (χ3v) is 9.08. The van der Waals surface area contributed by atoms with Crippen LogP contribution in [0.3, 0.4) is 0 Å². The Bertz CT molecular complexity index is 1840. The first-order valence-corrected chi connectivity index (χ1v) is 15.6. The summed E-state index contributed by atoms with van der Waals surface area (Å²) in [7, 11) is 2.12. The smallest absolute Gasteiger partial charge is 0.262 e. The van der Waals surface area contributed by atoms with Gasteiger partial charge in [0.25, 0.3) is 17.7 Å². The Balaban J connectivity index is 1.13. The number of hydrogen-bond acceptors (Lipinski definition) is 7. The van der Waals surface area contributed by atoms with Crippen molar-refractivity contribution in [1.29, 1.82) is 0 Å². The molecule has 0 saturated carbocycles. The minimum absolute atomic E-state index is 0.228. The van der Waals surface area contributed by atoms with Gasteiger partial charge >= 0.3 is 0 Å². The second-order valence-electron chi connectivity index (χ2n) is 11.7. The Morgan fingerprint density at radius 2 is 1.51 bits per heavy atom. The van der Waals surface area contributed by atoms with E-state index in [2.05, 4.69) is 43.0 Å². The van der Waals surface area contributed by atoms with Crippen molar-refractivity contribution in [2.75, 3.05) is 48.8 Å². The van der Waals surface area contributed by atoms with Gasteiger partial charge in [0.2, 0.25) is 0 Å². The van der Waals surface area contributed by atoms with Gasteiger partial charge in [-0.1, -0.05) is 42.5 Å². The highest BCUT2D eigenvalue weighted by molar-refractivity contribution is 7.20. The molecule has 1 aliphatic heterocycles. The van der Waals surface area contributed by atoms with E-state index in [1.165, 1.54) is 11.3 Å². The highest BCUT2D eigenvalue weighted by Gasteiger charge is 2.25. The molecule has 10 nitrogen and oxygen atoms in total. The Kier molecular flexibility index (Phi) is 8.38. The van der Waals surface area contributed by atoms with E-state index in [0.29, 0.717) is 37.7 Å². The normalized spacial score (nSPS) is 13.9. The first-order chi connectivity index (χ1) is 21.7. The van der Waals surface area contributed by atoms with Crippen molar-refractivity contribution < 1.29 is 14.4 Å². The van der Waals surface area contributed by atoms with Crippen LogP contribution in [0.15, 0.2) is 84.9 Å². The summed E-state index contributed by atoms with van der Waals surface area (Å²) in [5.74, 6) is -0.595. The van der Waals surface area contributed by atoms with Crippen LogP contribution in [0.25, 0.3) is 10.2 Å². The van der Waals surface area contributed by atoms with E-state index in [0.717, 1.165) is 37.4 Å². The largest absolute Gasteiger partial charge is 0.369 e. The van der Waals surface area contributed by atoms with Gasteiger partial charge in [0, 0.05) is 37.4 Å². The van der Waals surface area contributed by atoms with Crippen molar-refractivity contribution in [3.05, 3.63) is 106 Å². The summed E-state index contributed by atoms with van der Waals surface area (Å²) >= 11 is 1.24. The maximum absolute atomic E-state index is 13.4. The third-order valence-electron chi connectivity index (χ3n) is 8.05. The molecule has 1 fully saturated rings. The van der Waals surface area contributed by atoms with Gasteiger partial charge in [0.15, 0.2) is 0 Å². The summed E-state index contributed by atoms with van der Waals surface area (Å²) in [4.78, 5) is 45.4. The number of benzene rings is 3. The van der Waals surface area contributed by atoms with E-state index in [9.17, 15) is 14.4 Å². The lowest BCUT2D eigenvalue weighted by atomic mass is 9.94. The minimum atomic E-state index is -0.580. The van der Waals surface area contributed by atoms with Crippen LogP contribution < -0.4 is 20.9 Å². The molecule has 0 bridgehead atoms. The van der Waals surface area contributed by atoms with Gasteiger partial charge in [-0.2, -0.15) is 5.10 Å². The number of nitrogens with zero attached hydrogens (tertiary/aromatic N) is 3. The standard InChI is InChI=1S/C34H35N7O3S/c1-34(2,23-9-5-4-6-10-23)37-32(44)28-21-26-29(38-39-33(26)45-28)36-31(43)25-11-7-8-12-27(25)35-30(42)22-13-15-24(16-14-22)41-19-17-40(3)18-20-41/h4-16,21H,17-20H2,1-3H3,(H,35,42)(H,37,44)(H2,36,38,39,43). The summed E-state index contributed by atoms with van der Waals surface area (Å²) in [6.07, 6.45) is 0. The molecule has 0 radical (unpaired) electrons. The number of piperazine rings is 1. The zero-order chi connectivity index (χ0) is 31.6. The maximum Gasteiger partial charge on any atom is 0.262 e. The van der Waals surface area contributed by atoms with Crippen molar-refractivity contribution in [2.24, 2.45) is 0 Å². The first kappa shape index (κ1) is 30.0. The van der Waals surface area contributed by atoms with E-state index in [1.54, 1.807) is 42.5 Å². The Morgan fingerprint density at radius 1 is 0.822 bits per heavy atom. The van der Waals surface area contributed by atoms with Gasteiger partial charge in [-0.05, 0) is 68.9 Å². The number of anilines is 3. The third kappa shape index (κ3) is 6.59. The number of H-pyrrole nitrogens is 1. The average Bonchev–Trinajstić information content (AvgIpc) is 3.64. The molecular formula is C34H35N7O3S. The van der Waals surface area contributed by atoms with Crippen molar-refractivity contribution in [3.8, 4) is 0 Å². The number of amides is 3. The van der Waals surface area contributed by atoms with Crippen LogP contribution in [0, 0.1) is 0 Å². The average molecular weight is 622 g/mol. The van der Waals surface area contributed by atoms with Crippen LogP contribution in [0.5, 0.6) is 0 Å². The van der Waals surface area contributed by atoms with Crippen molar-refractivity contribution in [3.63, 3.8) is 0 Å². The number of fused-ring (bicyclic) bond motifs is 1. The second kappa shape index (κ2) is 12.5. The summed E-state index contributed by atoms with van der Waals surface area (Å²) in [5, 5.41) is 16.6. The van der Waals surface area contributed by atoms with E-state index in [4.69, 9.17) is 0 Å².